The highest BCUT2D eigenvalue weighted by molar-refractivity contribution is 5.80. The molecule has 0 aromatic carbocycles. The first kappa shape index (κ1) is 10.8. The Kier molecular flexibility index (Phi) is 3.19. The summed E-state index contributed by atoms with van der Waals surface area (Å²) in [4.78, 5) is 13.3. The molecule has 2 aliphatic rings. The molecule has 5 heteroatoms. The summed E-state index contributed by atoms with van der Waals surface area (Å²) in [5, 5.41) is 3.09. The Bertz CT molecular complexity index is 238. The van der Waals surface area contributed by atoms with Crippen molar-refractivity contribution >= 4 is 5.91 Å². The number of rotatable bonds is 4. The van der Waals surface area contributed by atoms with Crippen molar-refractivity contribution in [2.24, 2.45) is 5.92 Å². The monoisotopic (exact) mass is 218 g/mol. The maximum absolute atomic E-state index is 12.3. The van der Waals surface area contributed by atoms with Crippen LogP contribution in [0.15, 0.2) is 0 Å². The van der Waals surface area contributed by atoms with Crippen LogP contribution in [0.25, 0.3) is 0 Å². The van der Waals surface area contributed by atoms with Crippen LogP contribution >= 0.6 is 0 Å². The third kappa shape index (κ3) is 2.65. The van der Waals surface area contributed by atoms with Crippen LogP contribution in [0.1, 0.15) is 19.3 Å². The zero-order chi connectivity index (χ0) is 10.8. The van der Waals surface area contributed by atoms with E-state index in [1.54, 1.807) is 0 Å². The van der Waals surface area contributed by atoms with Crippen molar-refractivity contribution in [3.63, 3.8) is 0 Å². The Hall–Kier alpha value is -0.710. The number of carbonyl (C=O) groups excluding carboxylic acids is 1. The quantitative estimate of drug-likeness (QED) is 0.758. The summed E-state index contributed by atoms with van der Waals surface area (Å²) >= 11 is 0. The van der Waals surface area contributed by atoms with E-state index in [2.05, 4.69) is 5.32 Å². The Balaban J connectivity index is 1.93. The van der Waals surface area contributed by atoms with Crippen molar-refractivity contribution in [1.29, 1.82) is 0 Å². The fourth-order valence-electron chi connectivity index (χ4n) is 2.05. The molecule has 1 N–H and O–H groups in total. The Morgan fingerprint density at radius 2 is 2.13 bits per heavy atom. The normalized spacial score (nSPS) is 25.9. The lowest BCUT2D eigenvalue weighted by atomic mass is 10.1. The van der Waals surface area contributed by atoms with E-state index in [0.29, 0.717) is 6.54 Å². The van der Waals surface area contributed by atoms with E-state index < -0.39 is 6.43 Å². The van der Waals surface area contributed by atoms with Gasteiger partial charge in [0.05, 0.1) is 12.5 Å². The minimum atomic E-state index is -2.41. The number of amides is 1. The second-order valence-corrected chi connectivity index (χ2v) is 4.30. The zero-order valence-corrected chi connectivity index (χ0v) is 8.59. The number of hydrogen-bond donors (Lipinski definition) is 1. The van der Waals surface area contributed by atoms with Gasteiger partial charge in [-0.05, 0) is 25.8 Å². The lowest BCUT2D eigenvalue weighted by molar-refractivity contribution is -0.137. The van der Waals surface area contributed by atoms with Gasteiger partial charge in [0.1, 0.15) is 0 Å². The minimum Gasteiger partial charge on any atom is -0.334 e. The fourth-order valence-corrected chi connectivity index (χ4v) is 2.05. The molecule has 1 saturated carbocycles. The maximum Gasteiger partial charge on any atom is 0.255 e. The number of nitrogens with zero attached hydrogens (tertiary/aromatic N) is 1. The SMILES string of the molecule is O=C([C@@H]1CCNC1)N(CC(F)F)C1CC1. The third-order valence-corrected chi connectivity index (χ3v) is 3.01. The fraction of sp³-hybridized carbons (Fsp3) is 0.900. The number of carbonyl (C=O) groups is 1. The van der Waals surface area contributed by atoms with Gasteiger partial charge in [0.25, 0.3) is 6.43 Å². The molecule has 3 nitrogen and oxygen atoms in total. The smallest absolute Gasteiger partial charge is 0.255 e. The second-order valence-electron chi connectivity index (χ2n) is 4.30. The van der Waals surface area contributed by atoms with Gasteiger partial charge in [0.15, 0.2) is 0 Å². The Labute approximate surface area is 87.8 Å². The van der Waals surface area contributed by atoms with Crippen LogP contribution in [0.5, 0.6) is 0 Å². The van der Waals surface area contributed by atoms with E-state index in [-0.39, 0.29) is 24.4 Å². The number of hydrogen-bond acceptors (Lipinski definition) is 2. The van der Waals surface area contributed by atoms with E-state index in [9.17, 15) is 13.6 Å². The standard InChI is InChI=1S/C10H16F2N2O/c11-9(12)6-14(8-1-2-8)10(15)7-3-4-13-5-7/h7-9,13H,1-6H2/t7-/m1/s1. The van der Waals surface area contributed by atoms with Gasteiger partial charge in [-0.1, -0.05) is 0 Å². The average Bonchev–Trinajstić information content (AvgIpc) is 2.88. The number of halogens is 2. The van der Waals surface area contributed by atoms with E-state index in [4.69, 9.17) is 0 Å². The summed E-state index contributed by atoms with van der Waals surface area (Å²) in [6, 6.07) is 0.0899. The van der Waals surface area contributed by atoms with Crippen molar-refractivity contribution in [2.75, 3.05) is 19.6 Å². The molecule has 0 aromatic rings. The first-order valence-corrected chi connectivity index (χ1v) is 5.48. The highest BCUT2D eigenvalue weighted by Crippen LogP contribution is 2.29. The molecular weight excluding hydrogens is 202 g/mol. The molecule has 1 saturated heterocycles. The molecule has 15 heavy (non-hydrogen) atoms. The predicted octanol–water partition coefficient (Wildman–Crippen LogP) is 0.852. The highest BCUT2D eigenvalue weighted by Gasteiger charge is 2.37. The zero-order valence-electron chi connectivity index (χ0n) is 8.59. The van der Waals surface area contributed by atoms with Crippen LogP contribution in [-0.4, -0.2) is 42.9 Å². The van der Waals surface area contributed by atoms with E-state index >= 15 is 0 Å². The molecule has 86 valence electrons. The van der Waals surface area contributed by atoms with Crippen molar-refractivity contribution in [1.82, 2.24) is 10.2 Å². The molecule has 2 rings (SSSR count). The number of nitrogens with one attached hydrogen (secondary N) is 1. The predicted molar refractivity (Wildman–Crippen MR) is 51.7 cm³/mol. The summed E-state index contributed by atoms with van der Waals surface area (Å²) in [7, 11) is 0. The van der Waals surface area contributed by atoms with Gasteiger partial charge >= 0.3 is 0 Å². The summed E-state index contributed by atoms with van der Waals surface area (Å²) in [5.74, 6) is -0.160. The summed E-state index contributed by atoms with van der Waals surface area (Å²) in [6.45, 7) is 1.08. The molecule has 1 aliphatic heterocycles. The summed E-state index contributed by atoms with van der Waals surface area (Å²) < 4.78 is 24.6. The van der Waals surface area contributed by atoms with Gasteiger partial charge in [-0.15, -0.1) is 0 Å². The minimum absolute atomic E-state index is 0.0793. The highest BCUT2D eigenvalue weighted by atomic mass is 19.3. The molecule has 0 radical (unpaired) electrons. The lowest BCUT2D eigenvalue weighted by Crippen LogP contribution is -2.41. The molecule has 1 heterocycles. The van der Waals surface area contributed by atoms with Crippen LogP contribution < -0.4 is 5.32 Å². The van der Waals surface area contributed by atoms with Gasteiger partial charge < -0.3 is 10.2 Å². The molecular formula is C10H16F2N2O. The van der Waals surface area contributed by atoms with Crippen molar-refractivity contribution in [2.45, 2.75) is 31.7 Å². The van der Waals surface area contributed by atoms with E-state index in [1.165, 1.54) is 4.90 Å². The summed E-state index contributed by atoms with van der Waals surface area (Å²) in [6.07, 6.45) is 0.145. The Morgan fingerprint density at radius 1 is 1.40 bits per heavy atom. The van der Waals surface area contributed by atoms with Gasteiger partial charge in [0.2, 0.25) is 5.91 Å². The van der Waals surface area contributed by atoms with Crippen LogP contribution in [-0.2, 0) is 4.79 Å². The number of alkyl halides is 2. The molecule has 0 unspecified atom stereocenters. The van der Waals surface area contributed by atoms with Crippen LogP contribution in [0.2, 0.25) is 0 Å². The van der Waals surface area contributed by atoms with Crippen molar-refractivity contribution in [3.8, 4) is 0 Å². The molecule has 1 amide bonds. The topological polar surface area (TPSA) is 32.3 Å². The van der Waals surface area contributed by atoms with Crippen molar-refractivity contribution < 1.29 is 13.6 Å². The first-order valence-electron chi connectivity index (χ1n) is 5.48. The Morgan fingerprint density at radius 3 is 2.60 bits per heavy atom. The molecule has 0 aromatic heterocycles. The lowest BCUT2D eigenvalue weighted by Gasteiger charge is -2.24. The van der Waals surface area contributed by atoms with Crippen LogP contribution in [0.3, 0.4) is 0 Å². The molecule has 2 fully saturated rings. The molecule has 1 aliphatic carbocycles. The summed E-state index contributed by atoms with van der Waals surface area (Å²) in [5.41, 5.74) is 0. The van der Waals surface area contributed by atoms with E-state index in [1.807, 2.05) is 0 Å². The maximum atomic E-state index is 12.3. The van der Waals surface area contributed by atoms with Gasteiger partial charge in [-0.25, -0.2) is 8.78 Å². The van der Waals surface area contributed by atoms with Gasteiger partial charge in [-0.3, -0.25) is 4.79 Å². The average molecular weight is 218 g/mol. The van der Waals surface area contributed by atoms with Gasteiger partial charge in [0, 0.05) is 12.6 Å². The largest absolute Gasteiger partial charge is 0.334 e. The molecule has 1 atom stereocenters. The van der Waals surface area contributed by atoms with Crippen LogP contribution in [0.4, 0.5) is 8.78 Å². The van der Waals surface area contributed by atoms with Crippen LogP contribution in [0, 0.1) is 5.92 Å². The van der Waals surface area contributed by atoms with Crippen molar-refractivity contribution in [3.05, 3.63) is 0 Å². The second kappa shape index (κ2) is 4.43. The molecule has 0 spiro atoms. The van der Waals surface area contributed by atoms with Gasteiger partial charge in [-0.2, -0.15) is 0 Å². The molecule has 0 bridgehead atoms. The van der Waals surface area contributed by atoms with E-state index in [0.717, 1.165) is 25.8 Å². The first-order chi connectivity index (χ1) is 7.18. The third-order valence-electron chi connectivity index (χ3n) is 3.01.